The summed E-state index contributed by atoms with van der Waals surface area (Å²) in [5.41, 5.74) is 2.70. The summed E-state index contributed by atoms with van der Waals surface area (Å²) in [5.74, 6) is -0.0572. The van der Waals surface area contributed by atoms with Crippen LogP contribution in [0.15, 0.2) is 77.5 Å². The van der Waals surface area contributed by atoms with E-state index in [0.29, 0.717) is 5.02 Å². The number of thiophene rings is 1. The molecule has 2 aromatic carbocycles. The Morgan fingerprint density at radius 2 is 1.79 bits per heavy atom. The minimum absolute atomic E-state index is 0.0572. The number of rotatable bonds is 6. The maximum atomic E-state index is 12.7. The Kier molecular flexibility index (Phi) is 5.86. The molecular weight excluding hydrogens is 408 g/mol. The van der Waals surface area contributed by atoms with Gasteiger partial charge >= 0.3 is 0 Å². The SMILES string of the molecule is O=C(Cc1csc(-c2ccccc2Cl)n1)NC(c1ccccc1)c1cccs1. The van der Waals surface area contributed by atoms with Crippen molar-refractivity contribution in [2.45, 2.75) is 12.5 Å². The Morgan fingerprint density at radius 3 is 2.54 bits per heavy atom. The quantitative estimate of drug-likeness (QED) is 0.414. The van der Waals surface area contributed by atoms with Crippen molar-refractivity contribution in [3.05, 3.63) is 98.6 Å². The standard InChI is InChI=1S/C22H17ClN2OS2/c23-18-10-5-4-9-17(18)22-24-16(14-28-22)13-20(26)25-21(19-11-6-12-27-19)15-7-2-1-3-8-15/h1-12,14,21H,13H2,(H,25,26). The predicted molar refractivity (Wildman–Crippen MR) is 117 cm³/mol. The van der Waals surface area contributed by atoms with E-state index in [4.69, 9.17) is 11.6 Å². The number of carbonyl (C=O) groups excluding carboxylic acids is 1. The molecular formula is C22H17ClN2OS2. The highest BCUT2D eigenvalue weighted by molar-refractivity contribution is 7.13. The van der Waals surface area contributed by atoms with E-state index < -0.39 is 0 Å². The number of aromatic nitrogens is 1. The van der Waals surface area contributed by atoms with Gasteiger partial charge in [0.05, 0.1) is 23.2 Å². The zero-order valence-corrected chi connectivity index (χ0v) is 17.2. The van der Waals surface area contributed by atoms with Crippen LogP contribution in [0.3, 0.4) is 0 Å². The van der Waals surface area contributed by atoms with Gasteiger partial charge in [0.15, 0.2) is 0 Å². The third-order valence-corrected chi connectivity index (χ3v) is 6.45. The second-order valence-electron chi connectivity index (χ2n) is 6.23. The lowest BCUT2D eigenvalue weighted by Crippen LogP contribution is -2.30. The summed E-state index contributed by atoms with van der Waals surface area (Å²) in [7, 11) is 0. The fraction of sp³-hybridized carbons (Fsp3) is 0.0909. The van der Waals surface area contributed by atoms with Crippen LogP contribution in [0.2, 0.25) is 5.02 Å². The van der Waals surface area contributed by atoms with Gasteiger partial charge in [-0.3, -0.25) is 4.79 Å². The van der Waals surface area contributed by atoms with Crippen molar-refractivity contribution < 1.29 is 4.79 Å². The molecule has 0 spiro atoms. The van der Waals surface area contributed by atoms with Crippen LogP contribution < -0.4 is 5.32 Å². The zero-order valence-electron chi connectivity index (χ0n) is 14.8. The molecule has 1 amide bonds. The highest BCUT2D eigenvalue weighted by Crippen LogP contribution is 2.30. The summed E-state index contributed by atoms with van der Waals surface area (Å²) >= 11 is 9.39. The van der Waals surface area contributed by atoms with E-state index in [2.05, 4.69) is 10.3 Å². The van der Waals surface area contributed by atoms with E-state index in [1.165, 1.54) is 11.3 Å². The van der Waals surface area contributed by atoms with Crippen molar-refractivity contribution in [3.8, 4) is 10.6 Å². The Hall–Kier alpha value is -2.47. The average Bonchev–Trinajstić information content (AvgIpc) is 3.39. The Labute approximate surface area is 176 Å². The Morgan fingerprint density at radius 1 is 1.00 bits per heavy atom. The number of nitrogens with zero attached hydrogens (tertiary/aromatic N) is 1. The molecule has 0 radical (unpaired) electrons. The second kappa shape index (κ2) is 8.69. The van der Waals surface area contributed by atoms with Gasteiger partial charge in [0.2, 0.25) is 5.91 Å². The number of carbonyl (C=O) groups is 1. The van der Waals surface area contributed by atoms with E-state index in [0.717, 1.165) is 26.7 Å². The normalized spacial score (nSPS) is 11.9. The highest BCUT2D eigenvalue weighted by Gasteiger charge is 2.19. The molecule has 3 nitrogen and oxygen atoms in total. The first-order valence-electron chi connectivity index (χ1n) is 8.78. The molecule has 0 saturated carbocycles. The van der Waals surface area contributed by atoms with Gasteiger partial charge < -0.3 is 5.32 Å². The summed E-state index contributed by atoms with van der Waals surface area (Å²) in [6.45, 7) is 0. The van der Waals surface area contributed by atoms with Crippen LogP contribution in [0.4, 0.5) is 0 Å². The van der Waals surface area contributed by atoms with Gasteiger partial charge in [-0.05, 0) is 23.1 Å². The number of amides is 1. The smallest absolute Gasteiger partial charge is 0.226 e. The van der Waals surface area contributed by atoms with Crippen molar-refractivity contribution in [1.82, 2.24) is 10.3 Å². The number of benzene rings is 2. The summed E-state index contributed by atoms with van der Waals surface area (Å²) in [6, 6.07) is 21.5. The van der Waals surface area contributed by atoms with Crippen LogP contribution in [-0.2, 0) is 11.2 Å². The fourth-order valence-electron chi connectivity index (χ4n) is 2.94. The third kappa shape index (κ3) is 4.33. The first-order valence-corrected chi connectivity index (χ1v) is 10.9. The van der Waals surface area contributed by atoms with Crippen LogP contribution in [0, 0.1) is 0 Å². The number of thiazole rings is 1. The van der Waals surface area contributed by atoms with Gasteiger partial charge in [0.1, 0.15) is 5.01 Å². The van der Waals surface area contributed by atoms with Crippen LogP contribution in [0.5, 0.6) is 0 Å². The first kappa shape index (κ1) is 18.9. The predicted octanol–water partition coefficient (Wildman–Crippen LogP) is 5.97. The van der Waals surface area contributed by atoms with E-state index in [-0.39, 0.29) is 18.4 Å². The number of hydrogen-bond donors (Lipinski definition) is 1. The molecule has 28 heavy (non-hydrogen) atoms. The van der Waals surface area contributed by atoms with Crippen LogP contribution in [-0.4, -0.2) is 10.9 Å². The molecule has 140 valence electrons. The summed E-state index contributed by atoms with van der Waals surface area (Å²) < 4.78 is 0. The molecule has 0 aliphatic rings. The van der Waals surface area contributed by atoms with Gasteiger partial charge in [-0.15, -0.1) is 22.7 Å². The van der Waals surface area contributed by atoms with Gasteiger partial charge in [-0.2, -0.15) is 0 Å². The Balaban J connectivity index is 1.50. The molecule has 2 heterocycles. The van der Waals surface area contributed by atoms with Crippen molar-refractivity contribution in [1.29, 1.82) is 0 Å². The molecule has 6 heteroatoms. The molecule has 4 rings (SSSR count). The lowest BCUT2D eigenvalue weighted by Gasteiger charge is -2.18. The van der Waals surface area contributed by atoms with E-state index in [1.54, 1.807) is 11.3 Å². The molecule has 0 saturated heterocycles. The molecule has 0 aliphatic heterocycles. The monoisotopic (exact) mass is 424 g/mol. The van der Waals surface area contributed by atoms with Crippen LogP contribution in [0.25, 0.3) is 10.6 Å². The molecule has 1 N–H and O–H groups in total. The lowest BCUT2D eigenvalue weighted by atomic mass is 10.1. The molecule has 0 fully saturated rings. The maximum absolute atomic E-state index is 12.7. The van der Waals surface area contributed by atoms with E-state index >= 15 is 0 Å². The van der Waals surface area contributed by atoms with E-state index in [1.807, 2.05) is 77.5 Å². The first-order chi connectivity index (χ1) is 13.7. The second-order valence-corrected chi connectivity index (χ2v) is 8.47. The van der Waals surface area contributed by atoms with Crippen LogP contribution in [0.1, 0.15) is 22.2 Å². The number of nitrogens with one attached hydrogen (secondary N) is 1. The van der Waals surface area contributed by atoms with E-state index in [9.17, 15) is 4.79 Å². The molecule has 0 aliphatic carbocycles. The average molecular weight is 425 g/mol. The molecule has 1 atom stereocenters. The summed E-state index contributed by atoms with van der Waals surface area (Å²) in [6.07, 6.45) is 0.232. The van der Waals surface area contributed by atoms with Crippen LogP contribution >= 0.6 is 34.3 Å². The zero-order chi connectivity index (χ0) is 19.3. The summed E-state index contributed by atoms with van der Waals surface area (Å²) in [4.78, 5) is 18.4. The largest absolute Gasteiger partial charge is 0.344 e. The number of halogens is 1. The third-order valence-electron chi connectivity index (χ3n) is 4.26. The Bertz CT molecular complexity index is 1060. The molecule has 4 aromatic rings. The van der Waals surface area contributed by atoms with Gasteiger partial charge in [0.25, 0.3) is 0 Å². The van der Waals surface area contributed by atoms with Crippen molar-refractivity contribution >= 4 is 40.2 Å². The summed E-state index contributed by atoms with van der Waals surface area (Å²) in [5, 5.41) is 8.58. The van der Waals surface area contributed by atoms with Gasteiger partial charge in [0, 0.05) is 15.8 Å². The van der Waals surface area contributed by atoms with Gasteiger partial charge in [-0.1, -0.05) is 66.2 Å². The minimum atomic E-state index is -0.157. The molecule has 1 unspecified atom stereocenters. The van der Waals surface area contributed by atoms with Crippen molar-refractivity contribution in [3.63, 3.8) is 0 Å². The fourth-order valence-corrected chi connectivity index (χ4v) is 4.89. The number of hydrogen-bond acceptors (Lipinski definition) is 4. The maximum Gasteiger partial charge on any atom is 0.226 e. The lowest BCUT2D eigenvalue weighted by molar-refractivity contribution is -0.120. The van der Waals surface area contributed by atoms with Crippen molar-refractivity contribution in [2.75, 3.05) is 0 Å². The topological polar surface area (TPSA) is 42.0 Å². The van der Waals surface area contributed by atoms with Crippen molar-refractivity contribution in [2.24, 2.45) is 0 Å². The molecule has 0 bridgehead atoms. The van der Waals surface area contributed by atoms with Gasteiger partial charge in [-0.25, -0.2) is 4.98 Å². The highest BCUT2D eigenvalue weighted by atomic mass is 35.5. The molecule has 2 aromatic heterocycles. The minimum Gasteiger partial charge on any atom is -0.344 e.